The Morgan fingerprint density at radius 3 is 2.78 bits per heavy atom. The van der Waals surface area contributed by atoms with Crippen molar-refractivity contribution in [2.24, 2.45) is 5.92 Å². The van der Waals surface area contributed by atoms with Gasteiger partial charge in [-0.25, -0.2) is 4.79 Å². The van der Waals surface area contributed by atoms with Crippen molar-refractivity contribution in [3.63, 3.8) is 0 Å². The number of nitrogens with one attached hydrogen (secondary N) is 2. The van der Waals surface area contributed by atoms with E-state index in [9.17, 15) is 9.90 Å². The van der Waals surface area contributed by atoms with Crippen molar-refractivity contribution in [3.8, 4) is 0 Å². The average Bonchev–Trinajstić information content (AvgIpc) is 3.06. The van der Waals surface area contributed by atoms with Crippen molar-refractivity contribution in [3.05, 3.63) is 22.4 Å². The lowest BCUT2D eigenvalue weighted by Crippen LogP contribution is -2.49. The molecule has 1 aromatic rings. The molecule has 0 spiro atoms. The molecule has 0 radical (unpaired) electrons. The van der Waals surface area contributed by atoms with Crippen LogP contribution in [-0.2, 0) is 5.60 Å². The second-order valence-corrected chi connectivity index (χ2v) is 7.70. The Bertz CT molecular complexity index is 482. The maximum atomic E-state index is 11.9. The maximum Gasteiger partial charge on any atom is 0.314 e. The number of carbonyl (C=O) groups excluding carboxylic acids is 1. The summed E-state index contributed by atoms with van der Waals surface area (Å²) in [6.45, 7) is 9.21. The molecule has 1 aromatic heterocycles. The third-order valence-electron chi connectivity index (χ3n) is 4.74. The predicted molar refractivity (Wildman–Crippen MR) is 94.7 cm³/mol. The first-order valence-corrected chi connectivity index (χ1v) is 9.33. The molecule has 3 N–H and O–H groups in total. The number of amides is 2. The third-order valence-corrected chi connectivity index (χ3v) is 5.42. The summed E-state index contributed by atoms with van der Waals surface area (Å²) in [7, 11) is 0. The van der Waals surface area contributed by atoms with Crippen LogP contribution in [0.3, 0.4) is 0 Å². The fourth-order valence-electron chi connectivity index (χ4n) is 2.83. The normalized spacial score (nSPS) is 20.7. The number of likely N-dealkylation sites (tertiary alicyclic amines) is 1. The molecule has 2 atom stereocenters. The van der Waals surface area contributed by atoms with E-state index in [1.807, 2.05) is 16.8 Å². The first kappa shape index (κ1) is 18.2. The van der Waals surface area contributed by atoms with Crippen LogP contribution in [-0.4, -0.2) is 48.3 Å². The van der Waals surface area contributed by atoms with Gasteiger partial charge in [-0.1, -0.05) is 6.92 Å². The molecular formula is C17H29N3O2S. The molecule has 1 aliphatic heterocycles. The number of aliphatic hydroxyl groups is 1. The molecule has 1 saturated heterocycles. The topological polar surface area (TPSA) is 64.6 Å². The number of thiophene rings is 1. The zero-order valence-electron chi connectivity index (χ0n) is 14.3. The minimum Gasteiger partial charge on any atom is -0.384 e. The highest BCUT2D eigenvalue weighted by Crippen LogP contribution is 2.22. The van der Waals surface area contributed by atoms with Gasteiger partial charge in [0.15, 0.2) is 0 Å². The quantitative estimate of drug-likeness (QED) is 0.745. The number of piperidine rings is 1. The lowest BCUT2D eigenvalue weighted by Gasteiger charge is -2.35. The number of hydrogen-bond donors (Lipinski definition) is 3. The van der Waals surface area contributed by atoms with Gasteiger partial charge < -0.3 is 15.7 Å². The summed E-state index contributed by atoms with van der Waals surface area (Å²) in [5, 5.41) is 19.9. The first-order valence-electron chi connectivity index (χ1n) is 8.39. The fraction of sp³-hybridized carbons (Fsp3) is 0.706. The Hall–Kier alpha value is -1.11. The zero-order valence-corrected chi connectivity index (χ0v) is 15.2. The molecule has 0 saturated carbocycles. The van der Waals surface area contributed by atoms with Gasteiger partial charge in [0.1, 0.15) is 5.60 Å². The number of carbonyl (C=O) groups is 1. The second kappa shape index (κ2) is 8.13. The number of urea groups is 1. The van der Waals surface area contributed by atoms with E-state index >= 15 is 0 Å². The van der Waals surface area contributed by atoms with Gasteiger partial charge >= 0.3 is 6.03 Å². The maximum absolute atomic E-state index is 11.9. The Kier molecular flexibility index (Phi) is 6.44. The highest BCUT2D eigenvalue weighted by atomic mass is 32.1. The number of rotatable bonds is 6. The van der Waals surface area contributed by atoms with E-state index in [1.165, 1.54) is 24.2 Å². The summed E-state index contributed by atoms with van der Waals surface area (Å²) in [5.74, 6) is 0.814. The molecule has 2 heterocycles. The van der Waals surface area contributed by atoms with E-state index in [4.69, 9.17) is 0 Å². The Labute approximate surface area is 143 Å². The van der Waals surface area contributed by atoms with Gasteiger partial charge in [0.25, 0.3) is 0 Å². The molecule has 23 heavy (non-hydrogen) atoms. The molecule has 6 heteroatoms. The van der Waals surface area contributed by atoms with Crippen molar-refractivity contribution >= 4 is 17.4 Å². The molecule has 2 rings (SSSR count). The second-order valence-electron chi connectivity index (χ2n) is 6.92. The van der Waals surface area contributed by atoms with Crippen molar-refractivity contribution in [1.82, 2.24) is 15.5 Å². The molecule has 5 nitrogen and oxygen atoms in total. The number of hydrogen-bond acceptors (Lipinski definition) is 4. The van der Waals surface area contributed by atoms with Crippen molar-refractivity contribution in [1.29, 1.82) is 0 Å². The van der Waals surface area contributed by atoms with E-state index in [0.29, 0.717) is 12.6 Å². The van der Waals surface area contributed by atoms with Crippen LogP contribution in [0.15, 0.2) is 16.8 Å². The third kappa shape index (κ3) is 5.48. The van der Waals surface area contributed by atoms with Gasteiger partial charge in [-0.3, -0.25) is 4.90 Å². The monoisotopic (exact) mass is 339 g/mol. The summed E-state index contributed by atoms with van der Waals surface area (Å²) in [5.41, 5.74) is -0.204. The SMILES string of the molecule is CC1CCN(C(C)CNC(=O)NCC(C)(O)c2ccsc2)CC1. The van der Waals surface area contributed by atoms with E-state index in [0.717, 1.165) is 24.6 Å². The summed E-state index contributed by atoms with van der Waals surface area (Å²) in [6.07, 6.45) is 2.47. The smallest absolute Gasteiger partial charge is 0.314 e. The zero-order chi connectivity index (χ0) is 16.9. The number of nitrogens with zero attached hydrogens (tertiary/aromatic N) is 1. The molecular weight excluding hydrogens is 310 g/mol. The van der Waals surface area contributed by atoms with Crippen molar-refractivity contribution < 1.29 is 9.90 Å². The van der Waals surface area contributed by atoms with E-state index in [1.54, 1.807) is 6.92 Å². The Morgan fingerprint density at radius 2 is 2.17 bits per heavy atom. The predicted octanol–water partition coefficient (Wildman–Crippen LogP) is 2.38. The summed E-state index contributed by atoms with van der Waals surface area (Å²) in [6, 6.07) is 1.99. The van der Waals surface area contributed by atoms with Crippen LogP contribution in [0.1, 0.15) is 39.2 Å². The molecule has 1 aliphatic rings. The van der Waals surface area contributed by atoms with Crippen LogP contribution in [0.4, 0.5) is 4.79 Å². The van der Waals surface area contributed by atoms with Gasteiger partial charge in [-0.15, -0.1) is 0 Å². The van der Waals surface area contributed by atoms with Gasteiger partial charge in [-0.2, -0.15) is 11.3 Å². The molecule has 0 aliphatic carbocycles. The average molecular weight is 340 g/mol. The fourth-order valence-corrected chi connectivity index (χ4v) is 3.61. The molecule has 2 amide bonds. The lowest BCUT2D eigenvalue weighted by atomic mass is 9.98. The summed E-state index contributed by atoms with van der Waals surface area (Å²) >= 11 is 1.54. The molecule has 0 aromatic carbocycles. The Morgan fingerprint density at radius 1 is 1.48 bits per heavy atom. The highest BCUT2D eigenvalue weighted by Gasteiger charge is 2.24. The van der Waals surface area contributed by atoms with Crippen molar-refractivity contribution in [2.45, 2.75) is 45.3 Å². The van der Waals surface area contributed by atoms with Crippen LogP contribution < -0.4 is 10.6 Å². The van der Waals surface area contributed by atoms with E-state index in [-0.39, 0.29) is 12.6 Å². The summed E-state index contributed by atoms with van der Waals surface area (Å²) in [4.78, 5) is 14.4. The summed E-state index contributed by atoms with van der Waals surface area (Å²) < 4.78 is 0. The molecule has 130 valence electrons. The Balaban J connectivity index is 1.69. The van der Waals surface area contributed by atoms with Crippen LogP contribution in [0, 0.1) is 5.92 Å². The standard InChI is InChI=1S/C17H29N3O2S/c1-13-4-7-20(8-5-13)14(2)10-18-16(21)19-12-17(3,22)15-6-9-23-11-15/h6,9,11,13-14,22H,4-5,7-8,10,12H2,1-3H3,(H2,18,19,21). The van der Waals surface area contributed by atoms with Gasteiger partial charge in [0.2, 0.25) is 0 Å². The minimum absolute atomic E-state index is 0.200. The molecule has 0 bridgehead atoms. The van der Waals surface area contributed by atoms with Gasteiger partial charge in [0.05, 0.1) is 6.54 Å². The van der Waals surface area contributed by atoms with Gasteiger partial charge in [-0.05, 0) is 68.1 Å². The largest absolute Gasteiger partial charge is 0.384 e. The first-order chi connectivity index (χ1) is 10.9. The van der Waals surface area contributed by atoms with Crippen LogP contribution in [0.5, 0.6) is 0 Å². The highest BCUT2D eigenvalue weighted by molar-refractivity contribution is 7.08. The van der Waals surface area contributed by atoms with Crippen LogP contribution in [0.25, 0.3) is 0 Å². The minimum atomic E-state index is -1.04. The van der Waals surface area contributed by atoms with E-state index < -0.39 is 5.60 Å². The van der Waals surface area contributed by atoms with Gasteiger partial charge in [0, 0.05) is 12.6 Å². The van der Waals surface area contributed by atoms with Crippen molar-refractivity contribution in [2.75, 3.05) is 26.2 Å². The molecule has 2 unspecified atom stereocenters. The van der Waals surface area contributed by atoms with Crippen LogP contribution >= 0.6 is 11.3 Å². The lowest BCUT2D eigenvalue weighted by molar-refractivity contribution is 0.0597. The van der Waals surface area contributed by atoms with Crippen LogP contribution in [0.2, 0.25) is 0 Å². The van der Waals surface area contributed by atoms with E-state index in [2.05, 4.69) is 29.4 Å². The molecule has 1 fully saturated rings.